The van der Waals surface area contributed by atoms with Gasteiger partial charge in [-0.05, 0) is 24.6 Å². The fraction of sp³-hybridized carbons (Fsp3) is 0.417. The summed E-state index contributed by atoms with van der Waals surface area (Å²) in [5, 5.41) is 2.99. The van der Waals surface area contributed by atoms with Gasteiger partial charge in [0, 0.05) is 23.7 Å². The Morgan fingerprint density at radius 1 is 1.37 bits per heavy atom. The summed E-state index contributed by atoms with van der Waals surface area (Å²) in [4.78, 5) is 11.1. The summed E-state index contributed by atoms with van der Waals surface area (Å²) in [6.07, 6.45) is 0. The molecular weight excluding hydrogens is 288 g/mol. The van der Waals surface area contributed by atoms with E-state index in [1.807, 2.05) is 6.92 Å². The van der Waals surface area contributed by atoms with Crippen LogP contribution in [0.2, 0.25) is 0 Å². The Hall–Kier alpha value is -1.27. The van der Waals surface area contributed by atoms with E-state index in [1.165, 1.54) is 0 Å². The van der Waals surface area contributed by atoms with Gasteiger partial charge in [0.15, 0.2) is 9.84 Å². The van der Waals surface area contributed by atoms with E-state index in [0.717, 1.165) is 5.56 Å². The molecule has 3 N–H and O–H groups in total. The molecule has 19 heavy (non-hydrogen) atoms. The topological polar surface area (TPSA) is 89.3 Å². The summed E-state index contributed by atoms with van der Waals surface area (Å²) >= 11 is 5.41. The van der Waals surface area contributed by atoms with Crippen LogP contribution in [-0.2, 0) is 9.84 Å². The number of nitrogens with one attached hydrogen (secondary N) is 1. The summed E-state index contributed by atoms with van der Waals surface area (Å²) in [7, 11) is -3.13. The third-order valence-electron chi connectivity index (χ3n) is 2.64. The van der Waals surface area contributed by atoms with Crippen LogP contribution in [0, 0.1) is 6.92 Å². The molecule has 7 heteroatoms. The Bertz CT molecular complexity index is 558. The van der Waals surface area contributed by atoms with Gasteiger partial charge in [0.05, 0.1) is 11.5 Å². The number of benzene rings is 1. The highest BCUT2D eigenvalue weighted by molar-refractivity contribution is 7.91. The maximum Gasteiger partial charge on any atom is 0.248 e. The van der Waals surface area contributed by atoms with Crippen LogP contribution in [0.15, 0.2) is 18.2 Å². The van der Waals surface area contributed by atoms with Crippen LogP contribution in [0.4, 0.5) is 5.69 Å². The molecule has 0 saturated carbocycles. The van der Waals surface area contributed by atoms with E-state index < -0.39 is 15.7 Å². The van der Waals surface area contributed by atoms with Gasteiger partial charge in [-0.1, -0.05) is 6.07 Å². The number of nitrogens with two attached hydrogens (primary N) is 1. The normalized spacial score (nSPS) is 11.3. The molecule has 1 amide bonds. The Labute approximate surface area is 118 Å². The smallest absolute Gasteiger partial charge is 0.248 e. The summed E-state index contributed by atoms with van der Waals surface area (Å²) in [5.41, 5.74) is 7.20. The number of rotatable bonds is 7. The van der Waals surface area contributed by atoms with Crippen molar-refractivity contribution in [3.63, 3.8) is 0 Å². The lowest BCUT2D eigenvalue weighted by molar-refractivity contribution is 0.100. The molecule has 0 unspecified atom stereocenters. The number of primary amides is 1. The van der Waals surface area contributed by atoms with Gasteiger partial charge in [0.2, 0.25) is 5.91 Å². The Morgan fingerprint density at radius 3 is 2.63 bits per heavy atom. The lowest BCUT2D eigenvalue weighted by atomic mass is 10.1. The molecule has 1 aromatic carbocycles. The van der Waals surface area contributed by atoms with Crippen molar-refractivity contribution < 1.29 is 13.2 Å². The summed E-state index contributed by atoms with van der Waals surface area (Å²) in [6, 6.07) is 5.01. The standard InChI is InChI=1S/C12H17ClN2O3S/c1-9-2-3-10(12(14)16)8-11(9)15-5-7-19(17,18)6-4-13/h2-3,8,15H,4-7H2,1H3,(H2,14,16). The van der Waals surface area contributed by atoms with E-state index in [9.17, 15) is 13.2 Å². The van der Waals surface area contributed by atoms with Crippen molar-refractivity contribution >= 4 is 33.0 Å². The predicted octanol–water partition coefficient (Wildman–Crippen LogP) is 1.16. The number of hydrogen-bond acceptors (Lipinski definition) is 4. The molecule has 0 bridgehead atoms. The number of halogens is 1. The number of alkyl halides is 1. The molecule has 0 fully saturated rings. The van der Waals surface area contributed by atoms with Crippen molar-refractivity contribution in [2.45, 2.75) is 6.92 Å². The second-order valence-corrected chi connectivity index (χ2v) is 6.84. The van der Waals surface area contributed by atoms with Gasteiger partial charge in [-0.3, -0.25) is 4.79 Å². The third-order valence-corrected chi connectivity index (χ3v) is 4.70. The first-order valence-corrected chi connectivity index (χ1v) is 8.12. The first-order valence-electron chi connectivity index (χ1n) is 5.76. The molecule has 5 nitrogen and oxygen atoms in total. The van der Waals surface area contributed by atoms with Gasteiger partial charge in [-0.25, -0.2) is 8.42 Å². The Balaban J connectivity index is 2.68. The molecule has 0 heterocycles. The number of sulfone groups is 1. The SMILES string of the molecule is Cc1ccc(C(N)=O)cc1NCCS(=O)(=O)CCCl. The third kappa shape index (κ3) is 5.08. The van der Waals surface area contributed by atoms with E-state index in [-0.39, 0.29) is 23.9 Å². The van der Waals surface area contributed by atoms with Crippen molar-refractivity contribution in [3.05, 3.63) is 29.3 Å². The number of carbonyl (C=O) groups excluding carboxylic acids is 1. The molecule has 0 saturated heterocycles. The molecule has 0 aliphatic heterocycles. The minimum absolute atomic E-state index is 0.0000406. The summed E-state index contributed by atoms with van der Waals surface area (Å²) in [6.45, 7) is 2.13. The van der Waals surface area contributed by atoms with Crippen LogP contribution in [-0.4, -0.2) is 38.3 Å². The summed E-state index contributed by atoms with van der Waals surface area (Å²) < 4.78 is 23.0. The van der Waals surface area contributed by atoms with Crippen LogP contribution in [0.3, 0.4) is 0 Å². The lowest BCUT2D eigenvalue weighted by Crippen LogP contribution is -2.19. The fourth-order valence-corrected chi connectivity index (χ4v) is 3.08. The minimum Gasteiger partial charge on any atom is -0.384 e. The van der Waals surface area contributed by atoms with Crippen LogP contribution < -0.4 is 11.1 Å². The van der Waals surface area contributed by atoms with Gasteiger partial charge in [-0.15, -0.1) is 11.6 Å². The molecule has 1 aromatic rings. The van der Waals surface area contributed by atoms with Crippen LogP contribution in [0.1, 0.15) is 15.9 Å². The zero-order valence-electron chi connectivity index (χ0n) is 10.6. The van der Waals surface area contributed by atoms with E-state index in [2.05, 4.69) is 5.32 Å². The second-order valence-electron chi connectivity index (χ2n) is 4.16. The largest absolute Gasteiger partial charge is 0.384 e. The van der Waals surface area contributed by atoms with Gasteiger partial charge in [0.25, 0.3) is 0 Å². The molecule has 0 radical (unpaired) electrons. The molecule has 0 aliphatic carbocycles. The maximum atomic E-state index is 11.5. The van der Waals surface area contributed by atoms with Crippen molar-refractivity contribution in [3.8, 4) is 0 Å². The van der Waals surface area contributed by atoms with Crippen molar-refractivity contribution in [1.29, 1.82) is 0 Å². The quantitative estimate of drug-likeness (QED) is 0.740. The maximum absolute atomic E-state index is 11.5. The van der Waals surface area contributed by atoms with Crippen LogP contribution >= 0.6 is 11.6 Å². The number of anilines is 1. The molecule has 0 spiro atoms. The molecule has 0 atom stereocenters. The highest BCUT2D eigenvalue weighted by atomic mass is 35.5. The second kappa shape index (κ2) is 6.77. The minimum atomic E-state index is -3.13. The average molecular weight is 305 g/mol. The highest BCUT2D eigenvalue weighted by Gasteiger charge is 2.10. The number of aryl methyl sites for hydroxylation is 1. The van der Waals surface area contributed by atoms with E-state index in [4.69, 9.17) is 17.3 Å². The molecule has 0 aliphatic rings. The van der Waals surface area contributed by atoms with E-state index in [1.54, 1.807) is 18.2 Å². The molecular formula is C12H17ClN2O3S. The number of hydrogen-bond donors (Lipinski definition) is 2. The van der Waals surface area contributed by atoms with Crippen molar-refractivity contribution in [2.24, 2.45) is 5.73 Å². The number of amides is 1. The average Bonchev–Trinajstić information content (AvgIpc) is 2.30. The first kappa shape index (κ1) is 15.8. The van der Waals surface area contributed by atoms with Crippen molar-refractivity contribution in [1.82, 2.24) is 0 Å². The van der Waals surface area contributed by atoms with E-state index in [0.29, 0.717) is 11.3 Å². The van der Waals surface area contributed by atoms with Gasteiger partial charge in [-0.2, -0.15) is 0 Å². The van der Waals surface area contributed by atoms with Gasteiger partial charge in [0.1, 0.15) is 0 Å². The molecule has 1 rings (SSSR count). The lowest BCUT2D eigenvalue weighted by Gasteiger charge is -2.10. The zero-order chi connectivity index (χ0) is 14.5. The summed E-state index contributed by atoms with van der Waals surface area (Å²) in [5.74, 6) is -0.451. The fourth-order valence-electron chi connectivity index (χ4n) is 1.53. The van der Waals surface area contributed by atoms with E-state index >= 15 is 0 Å². The highest BCUT2D eigenvalue weighted by Crippen LogP contribution is 2.16. The Kier molecular flexibility index (Phi) is 5.62. The van der Waals surface area contributed by atoms with Gasteiger partial charge < -0.3 is 11.1 Å². The monoisotopic (exact) mass is 304 g/mol. The van der Waals surface area contributed by atoms with Crippen molar-refractivity contribution in [2.75, 3.05) is 29.2 Å². The van der Waals surface area contributed by atoms with Crippen LogP contribution in [0.5, 0.6) is 0 Å². The first-order chi connectivity index (χ1) is 8.85. The molecule has 0 aromatic heterocycles. The van der Waals surface area contributed by atoms with Gasteiger partial charge >= 0.3 is 0 Å². The molecule has 106 valence electrons. The van der Waals surface area contributed by atoms with Crippen LogP contribution in [0.25, 0.3) is 0 Å². The zero-order valence-corrected chi connectivity index (χ0v) is 12.2. The number of carbonyl (C=O) groups is 1. The predicted molar refractivity (Wildman–Crippen MR) is 77.6 cm³/mol. The Morgan fingerprint density at radius 2 is 2.05 bits per heavy atom.